The number of nitrogens with two attached hydrogens (primary N) is 1. The lowest BCUT2D eigenvalue weighted by Crippen LogP contribution is -2.35. The molecule has 2 amide bonds. The maximum atomic E-state index is 12.1. The summed E-state index contributed by atoms with van der Waals surface area (Å²) < 4.78 is 5.12. The molecule has 0 bridgehead atoms. The summed E-state index contributed by atoms with van der Waals surface area (Å²) >= 11 is 0. The Morgan fingerprint density at radius 2 is 1.81 bits per heavy atom. The average molecular weight is 357 g/mol. The molecule has 0 aliphatic heterocycles. The van der Waals surface area contributed by atoms with Gasteiger partial charge in [-0.3, -0.25) is 14.4 Å². The van der Waals surface area contributed by atoms with Gasteiger partial charge in [-0.2, -0.15) is 0 Å². The van der Waals surface area contributed by atoms with Crippen LogP contribution in [0.1, 0.15) is 17.3 Å². The molecule has 0 saturated carbocycles. The zero-order valence-corrected chi connectivity index (χ0v) is 14.4. The highest BCUT2D eigenvalue weighted by atomic mass is 16.5. The number of nitrogens with zero attached hydrogens (tertiary/aromatic N) is 3. The van der Waals surface area contributed by atoms with Gasteiger partial charge in [-0.05, 0) is 37.3 Å². The summed E-state index contributed by atoms with van der Waals surface area (Å²) in [5.41, 5.74) is 5.94. The molecule has 26 heavy (non-hydrogen) atoms. The topological polar surface area (TPSA) is 128 Å². The van der Waals surface area contributed by atoms with E-state index in [1.165, 1.54) is 36.1 Å². The van der Waals surface area contributed by atoms with Gasteiger partial charge in [-0.1, -0.05) is 0 Å². The average Bonchev–Trinajstić information content (AvgIpc) is 2.62. The van der Waals surface area contributed by atoms with Crippen molar-refractivity contribution >= 4 is 29.4 Å². The molecule has 0 fully saturated rings. The number of carbonyl (C=O) groups excluding carboxylic acids is 3. The zero-order chi connectivity index (χ0) is 19.1. The molecule has 1 heterocycles. The third-order valence-corrected chi connectivity index (χ3v) is 3.37. The van der Waals surface area contributed by atoms with E-state index in [1.54, 1.807) is 25.5 Å². The van der Waals surface area contributed by atoms with Crippen molar-refractivity contribution in [1.82, 2.24) is 9.97 Å². The van der Waals surface area contributed by atoms with Gasteiger partial charge in [0.25, 0.3) is 5.91 Å². The molecular formula is C17H19N5O4. The first-order valence-corrected chi connectivity index (χ1v) is 7.75. The van der Waals surface area contributed by atoms with Crippen LogP contribution in [0.25, 0.3) is 0 Å². The summed E-state index contributed by atoms with van der Waals surface area (Å²) in [7, 11) is 1.64. The Morgan fingerprint density at radius 3 is 2.38 bits per heavy atom. The molecule has 0 aliphatic rings. The molecule has 1 aromatic heterocycles. The van der Waals surface area contributed by atoms with E-state index in [2.05, 4.69) is 15.3 Å². The van der Waals surface area contributed by atoms with Crippen LogP contribution in [0.3, 0.4) is 0 Å². The highest BCUT2D eigenvalue weighted by Crippen LogP contribution is 2.10. The van der Waals surface area contributed by atoms with Crippen molar-refractivity contribution in [2.75, 3.05) is 23.8 Å². The number of benzene rings is 1. The van der Waals surface area contributed by atoms with Gasteiger partial charge >= 0.3 is 5.97 Å². The Morgan fingerprint density at radius 1 is 1.19 bits per heavy atom. The summed E-state index contributed by atoms with van der Waals surface area (Å²) in [5, 5.41) is 2.59. The Bertz CT molecular complexity index is 780. The van der Waals surface area contributed by atoms with Gasteiger partial charge in [0.15, 0.2) is 6.10 Å². The van der Waals surface area contributed by atoms with Crippen molar-refractivity contribution in [3.8, 4) is 0 Å². The second-order valence-electron chi connectivity index (χ2n) is 5.47. The van der Waals surface area contributed by atoms with Crippen LogP contribution in [-0.4, -0.2) is 47.4 Å². The maximum Gasteiger partial charge on any atom is 0.326 e. The van der Waals surface area contributed by atoms with Gasteiger partial charge < -0.3 is 20.7 Å². The lowest BCUT2D eigenvalue weighted by atomic mass is 10.2. The van der Waals surface area contributed by atoms with Gasteiger partial charge in [0, 0.05) is 30.7 Å². The number of anilines is 2. The highest BCUT2D eigenvalue weighted by Gasteiger charge is 2.19. The van der Waals surface area contributed by atoms with E-state index in [1.807, 2.05) is 0 Å². The summed E-state index contributed by atoms with van der Waals surface area (Å²) in [6, 6.07) is 7.71. The van der Waals surface area contributed by atoms with Gasteiger partial charge in [-0.25, -0.2) is 9.97 Å². The minimum absolute atomic E-state index is 0.102. The molecule has 2 rings (SSSR count). The molecule has 1 unspecified atom stereocenters. The van der Waals surface area contributed by atoms with Gasteiger partial charge in [-0.15, -0.1) is 0 Å². The second-order valence-corrected chi connectivity index (χ2v) is 5.47. The molecule has 0 spiro atoms. The van der Waals surface area contributed by atoms with Crippen LogP contribution in [0.4, 0.5) is 11.6 Å². The maximum absolute atomic E-state index is 12.1. The van der Waals surface area contributed by atoms with E-state index in [-0.39, 0.29) is 6.54 Å². The van der Waals surface area contributed by atoms with Crippen LogP contribution in [0, 0.1) is 0 Å². The van der Waals surface area contributed by atoms with E-state index in [4.69, 9.17) is 10.5 Å². The standard InChI is InChI=1S/C17H19N5O4/c1-11(16(25)21-13-6-4-12(5-7-13)15(18)24)26-14(23)10-22(2)17-19-8-3-9-20-17/h3-9,11H,10H2,1-2H3,(H2,18,24)(H,21,25). The predicted molar refractivity (Wildman–Crippen MR) is 94.4 cm³/mol. The number of primary amides is 1. The Labute approximate surface area is 150 Å². The highest BCUT2D eigenvalue weighted by molar-refractivity contribution is 5.96. The molecule has 1 aromatic carbocycles. The first-order valence-electron chi connectivity index (χ1n) is 7.75. The number of nitrogens with one attached hydrogen (secondary N) is 1. The molecule has 1 atom stereocenters. The van der Waals surface area contributed by atoms with Crippen molar-refractivity contribution in [3.05, 3.63) is 48.3 Å². The first-order chi connectivity index (χ1) is 12.4. The largest absolute Gasteiger partial charge is 0.451 e. The lowest BCUT2D eigenvalue weighted by molar-refractivity contribution is -0.151. The minimum atomic E-state index is -0.997. The number of rotatable bonds is 7. The number of aromatic nitrogens is 2. The predicted octanol–water partition coefficient (Wildman–Crippen LogP) is 0.582. The van der Waals surface area contributed by atoms with Crippen LogP contribution in [0.15, 0.2) is 42.7 Å². The van der Waals surface area contributed by atoms with Crippen molar-refractivity contribution in [2.45, 2.75) is 13.0 Å². The molecule has 2 aromatic rings. The van der Waals surface area contributed by atoms with Crippen LogP contribution in [0.2, 0.25) is 0 Å². The first kappa shape index (κ1) is 18.8. The number of amides is 2. The number of esters is 1. The summed E-state index contributed by atoms with van der Waals surface area (Å²) in [6.45, 7) is 1.36. The Kier molecular flexibility index (Phi) is 6.20. The molecule has 0 saturated heterocycles. The normalized spacial score (nSPS) is 11.3. The fourth-order valence-electron chi connectivity index (χ4n) is 2.00. The van der Waals surface area contributed by atoms with Crippen LogP contribution in [0.5, 0.6) is 0 Å². The van der Waals surface area contributed by atoms with E-state index in [0.717, 1.165) is 0 Å². The SMILES string of the molecule is CC(OC(=O)CN(C)c1ncccn1)C(=O)Nc1ccc(C(N)=O)cc1. The van der Waals surface area contributed by atoms with Crippen LogP contribution < -0.4 is 16.0 Å². The second kappa shape index (κ2) is 8.56. The van der Waals surface area contributed by atoms with E-state index < -0.39 is 23.9 Å². The molecule has 9 nitrogen and oxygen atoms in total. The van der Waals surface area contributed by atoms with Gasteiger partial charge in [0.1, 0.15) is 6.54 Å². The smallest absolute Gasteiger partial charge is 0.326 e. The van der Waals surface area contributed by atoms with Crippen molar-refractivity contribution < 1.29 is 19.1 Å². The summed E-state index contributed by atoms with van der Waals surface area (Å²) in [4.78, 5) is 44.6. The van der Waals surface area contributed by atoms with E-state index >= 15 is 0 Å². The number of likely N-dealkylation sites (N-methyl/N-ethyl adjacent to an activating group) is 1. The van der Waals surface area contributed by atoms with E-state index in [9.17, 15) is 14.4 Å². The van der Waals surface area contributed by atoms with Crippen LogP contribution >= 0.6 is 0 Å². The zero-order valence-electron chi connectivity index (χ0n) is 14.4. The third kappa shape index (κ3) is 5.26. The number of carbonyl (C=O) groups is 3. The number of hydrogen-bond acceptors (Lipinski definition) is 7. The van der Waals surface area contributed by atoms with E-state index in [0.29, 0.717) is 17.2 Å². The van der Waals surface area contributed by atoms with Gasteiger partial charge in [0.05, 0.1) is 0 Å². The van der Waals surface area contributed by atoms with Crippen molar-refractivity contribution in [2.24, 2.45) is 5.73 Å². The quantitative estimate of drug-likeness (QED) is 0.694. The molecular weight excluding hydrogens is 338 g/mol. The fraction of sp³-hybridized carbons (Fsp3) is 0.235. The summed E-state index contributed by atoms with van der Waals surface area (Å²) in [6.07, 6.45) is 2.12. The number of ether oxygens (including phenoxy) is 1. The lowest BCUT2D eigenvalue weighted by Gasteiger charge is -2.18. The van der Waals surface area contributed by atoms with Crippen LogP contribution in [-0.2, 0) is 14.3 Å². The van der Waals surface area contributed by atoms with Crippen molar-refractivity contribution in [1.29, 1.82) is 0 Å². The molecule has 0 radical (unpaired) electrons. The molecule has 9 heteroatoms. The fourth-order valence-corrected chi connectivity index (χ4v) is 2.00. The molecule has 3 N–H and O–H groups in total. The Balaban J connectivity index is 1.85. The monoisotopic (exact) mass is 357 g/mol. The Hall–Kier alpha value is -3.49. The van der Waals surface area contributed by atoms with Gasteiger partial charge in [0.2, 0.25) is 11.9 Å². The molecule has 0 aliphatic carbocycles. The third-order valence-electron chi connectivity index (χ3n) is 3.37. The van der Waals surface area contributed by atoms with Crippen molar-refractivity contribution in [3.63, 3.8) is 0 Å². The molecule has 136 valence electrons. The summed E-state index contributed by atoms with van der Waals surface area (Å²) in [5.74, 6) is -1.27. The number of hydrogen-bond donors (Lipinski definition) is 2. The minimum Gasteiger partial charge on any atom is -0.451 e.